The van der Waals surface area contributed by atoms with E-state index in [2.05, 4.69) is 0 Å². The minimum absolute atomic E-state index is 0.265. The van der Waals surface area contributed by atoms with Gasteiger partial charge in [-0.3, -0.25) is 0 Å². The number of sulfone groups is 1. The molecule has 0 radical (unpaired) electrons. The van der Waals surface area contributed by atoms with E-state index in [4.69, 9.17) is 22.1 Å². The number of benzene rings is 1. The third kappa shape index (κ3) is 2.54. The zero-order valence-corrected chi connectivity index (χ0v) is 11.7. The summed E-state index contributed by atoms with van der Waals surface area (Å²) in [5.74, 6) is 0. The molecule has 2 rings (SSSR count). The van der Waals surface area contributed by atoms with Crippen LogP contribution in [0.1, 0.15) is 13.3 Å². The molecular weight excluding hydrogens is 274 g/mol. The Morgan fingerprint density at radius 1 is 1.44 bits per heavy atom. The van der Waals surface area contributed by atoms with Gasteiger partial charge in [-0.15, -0.1) is 0 Å². The predicted octanol–water partition coefficient (Wildman–Crippen LogP) is 1.62. The third-order valence-electron chi connectivity index (χ3n) is 3.14. The molecule has 4 nitrogen and oxygen atoms in total. The molecule has 1 aliphatic carbocycles. The molecule has 100 valence electrons. The Bertz CT molecular complexity index is 529. The van der Waals surface area contributed by atoms with Gasteiger partial charge in [0, 0.05) is 11.6 Å². The highest BCUT2D eigenvalue weighted by atomic mass is 35.5. The summed E-state index contributed by atoms with van der Waals surface area (Å²) < 4.78 is 29.8. The highest BCUT2D eigenvalue weighted by molar-refractivity contribution is 7.92. The fourth-order valence-electron chi connectivity index (χ4n) is 1.94. The summed E-state index contributed by atoms with van der Waals surface area (Å²) in [6, 6.07) is 6.16. The maximum absolute atomic E-state index is 12.3. The summed E-state index contributed by atoms with van der Waals surface area (Å²) in [6.45, 7) is 2.67. The first-order valence-corrected chi connectivity index (χ1v) is 7.68. The first-order chi connectivity index (χ1) is 8.40. The molecule has 1 aromatic carbocycles. The smallest absolute Gasteiger partial charge is 0.183 e. The average Bonchev–Trinajstić information content (AvgIpc) is 3.01. The molecule has 1 aliphatic rings. The van der Waals surface area contributed by atoms with Gasteiger partial charge < -0.3 is 10.5 Å². The Hall–Kier alpha value is -0.620. The van der Waals surface area contributed by atoms with Crippen molar-refractivity contribution >= 4 is 21.4 Å². The molecular formula is C12H16ClNO3S. The van der Waals surface area contributed by atoms with Crippen LogP contribution < -0.4 is 5.73 Å². The van der Waals surface area contributed by atoms with Crippen LogP contribution in [0.25, 0.3) is 0 Å². The normalized spacial score (nSPS) is 27.2. The van der Waals surface area contributed by atoms with Crippen molar-refractivity contribution in [3.8, 4) is 0 Å². The van der Waals surface area contributed by atoms with Crippen molar-refractivity contribution < 1.29 is 13.2 Å². The molecule has 0 aliphatic heterocycles. The Kier molecular flexibility index (Phi) is 3.69. The van der Waals surface area contributed by atoms with Gasteiger partial charge in [0.15, 0.2) is 9.84 Å². The molecule has 2 atom stereocenters. The van der Waals surface area contributed by atoms with Gasteiger partial charge in [-0.25, -0.2) is 8.42 Å². The van der Waals surface area contributed by atoms with Gasteiger partial charge in [0.1, 0.15) is 0 Å². The van der Waals surface area contributed by atoms with Crippen LogP contribution in [0.15, 0.2) is 29.2 Å². The van der Waals surface area contributed by atoms with Gasteiger partial charge in [-0.1, -0.05) is 11.6 Å². The fraction of sp³-hybridized carbons (Fsp3) is 0.500. The summed E-state index contributed by atoms with van der Waals surface area (Å²) in [5.41, 5.74) is 5.26. The monoisotopic (exact) mass is 289 g/mol. The minimum Gasteiger partial charge on any atom is -0.380 e. The van der Waals surface area contributed by atoms with E-state index in [1.165, 1.54) is 12.1 Å². The number of hydrogen-bond acceptors (Lipinski definition) is 4. The van der Waals surface area contributed by atoms with Crippen molar-refractivity contribution in [3.05, 3.63) is 29.3 Å². The van der Waals surface area contributed by atoms with Gasteiger partial charge in [-0.2, -0.15) is 0 Å². The van der Waals surface area contributed by atoms with Gasteiger partial charge in [0.25, 0.3) is 0 Å². The fourth-order valence-corrected chi connectivity index (χ4v) is 4.12. The lowest BCUT2D eigenvalue weighted by molar-refractivity contribution is 0.127. The zero-order chi connectivity index (χ0) is 13.4. The Morgan fingerprint density at radius 3 is 2.61 bits per heavy atom. The van der Waals surface area contributed by atoms with E-state index in [1.807, 2.05) is 6.92 Å². The van der Waals surface area contributed by atoms with Crippen molar-refractivity contribution in [2.45, 2.75) is 29.0 Å². The number of ether oxygens (including phenoxy) is 1. The Labute approximate surface area is 112 Å². The number of rotatable bonds is 5. The first kappa shape index (κ1) is 13.8. The van der Waals surface area contributed by atoms with E-state index in [0.29, 0.717) is 18.1 Å². The Morgan fingerprint density at radius 2 is 2.06 bits per heavy atom. The van der Waals surface area contributed by atoms with Crippen LogP contribution >= 0.6 is 11.6 Å². The van der Waals surface area contributed by atoms with Crippen molar-refractivity contribution in [1.82, 2.24) is 0 Å². The van der Waals surface area contributed by atoms with E-state index < -0.39 is 20.6 Å². The number of nitrogens with two attached hydrogens (primary N) is 1. The second kappa shape index (κ2) is 4.81. The minimum atomic E-state index is -3.38. The van der Waals surface area contributed by atoms with Crippen molar-refractivity contribution in [1.29, 1.82) is 0 Å². The summed E-state index contributed by atoms with van der Waals surface area (Å²) in [4.78, 5) is 0.265. The third-order valence-corrected chi connectivity index (χ3v) is 5.70. The molecule has 0 spiro atoms. The summed E-state index contributed by atoms with van der Waals surface area (Å²) >= 11 is 5.74. The van der Waals surface area contributed by atoms with Crippen molar-refractivity contribution in [2.75, 3.05) is 13.2 Å². The molecule has 6 heteroatoms. The van der Waals surface area contributed by atoms with Crippen LogP contribution in [0.3, 0.4) is 0 Å². The van der Waals surface area contributed by atoms with Crippen LogP contribution in [-0.4, -0.2) is 32.4 Å². The quantitative estimate of drug-likeness (QED) is 0.894. The van der Waals surface area contributed by atoms with Crippen LogP contribution in [0.5, 0.6) is 0 Å². The highest BCUT2D eigenvalue weighted by Gasteiger charge is 2.59. The van der Waals surface area contributed by atoms with Crippen LogP contribution in [0.2, 0.25) is 5.02 Å². The lowest BCUT2D eigenvalue weighted by atomic mass is 10.3. The van der Waals surface area contributed by atoms with E-state index in [1.54, 1.807) is 12.1 Å². The molecule has 1 aromatic rings. The van der Waals surface area contributed by atoms with Gasteiger partial charge in [0.05, 0.1) is 22.3 Å². The standard InChI is InChI=1S/C12H16ClNO3S/c1-2-17-8-12(14)7-11(12)18(15,16)10-5-3-9(13)4-6-10/h3-6,11H,2,7-8,14H2,1H3/t11-,12+/m0/s1. The lowest BCUT2D eigenvalue weighted by Crippen LogP contribution is -2.35. The van der Waals surface area contributed by atoms with Crippen molar-refractivity contribution in [2.24, 2.45) is 5.73 Å². The molecule has 18 heavy (non-hydrogen) atoms. The van der Waals surface area contributed by atoms with E-state index >= 15 is 0 Å². The number of halogens is 1. The second-order valence-electron chi connectivity index (χ2n) is 4.56. The van der Waals surface area contributed by atoms with E-state index in [9.17, 15) is 8.42 Å². The molecule has 2 N–H and O–H groups in total. The second-order valence-corrected chi connectivity index (χ2v) is 7.13. The van der Waals surface area contributed by atoms with Crippen LogP contribution in [0.4, 0.5) is 0 Å². The number of hydrogen-bond donors (Lipinski definition) is 1. The predicted molar refractivity (Wildman–Crippen MR) is 70.5 cm³/mol. The first-order valence-electron chi connectivity index (χ1n) is 5.76. The summed E-state index contributed by atoms with van der Waals surface area (Å²) in [6.07, 6.45) is 0.442. The molecule has 0 heterocycles. The van der Waals surface area contributed by atoms with E-state index in [-0.39, 0.29) is 11.5 Å². The molecule has 0 unspecified atom stereocenters. The molecule has 0 aromatic heterocycles. The largest absolute Gasteiger partial charge is 0.380 e. The maximum Gasteiger partial charge on any atom is 0.183 e. The van der Waals surface area contributed by atoms with Crippen LogP contribution in [-0.2, 0) is 14.6 Å². The average molecular weight is 290 g/mol. The molecule has 1 fully saturated rings. The maximum atomic E-state index is 12.3. The Balaban J connectivity index is 2.17. The SMILES string of the molecule is CCOC[C@]1(N)C[C@@H]1S(=O)(=O)c1ccc(Cl)cc1. The van der Waals surface area contributed by atoms with E-state index in [0.717, 1.165) is 0 Å². The lowest BCUT2D eigenvalue weighted by Gasteiger charge is -2.11. The molecule has 1 saturated carbocycles. The summed E-state index contributed by atoms with van der Waals surface area (Å²) in [7, 11) is -3.38. The highest BCUT2D eigenvalue weighted by Crippen LogP contribution is 2.42. The van der Waals surface area contributed by atoms with Gasteiger partial charge in [-0.05, 0) is 37.6 Å². The topological polar surface area (TPSA) is 69.4 Å². The zero-order valence-electron chi connectivity index (χ0n) is 10.1. The van der Waals surface area contributed by atoms with Crippen LogP contribution in [0, 0.1) is 0 Å². The summed E-state index contributed by atoms with van der Waals surface area (Å²) in [5, 5.41) is -0.0456. The molecule has 0 bridgehead atoms. The van der Waals surface area contributed by atoms with Gasteiger partial charge >= 0.3 is 0 Å². The van der Waals surface area contributed by atoms with Gasteiger partial charge in [0.2, 0.25) is 0 Å². The molecule has 0 amide bonds. The van der Waals surface area contributed by atoms with Crippen molar-refractivity contribution in [3.63, 3.8) is 0 Å². The molecule has 0 saturated heterocycles.